The van der Waals surface area contributed by atoms with Crippen LogP contribution in [0.2, 0.25) is 0 Å². The van der Waals surface area contributed by atoms with Crippen LogP contribution in [0.4, 0.5) is 0 Å². The molecule has 0 aliphatic carbocycles. The Balaban J connectivity index is 0.000000125. The number of nitrogens with two attached hydrogens (primary N) is 6. The van der Waals surface area contributed by atoms with Crippen LogP contribution in [-0.4, -0.2) is 35.0 Å². The van der Waals surface area contributed by atoms with E-state index in [1.807, 2.05) is 121 Å². The predicted molar refractivity (Wildman–Crippen MR) is 582 cm³/mol. The van der Waals surface area contributed by atoms with Gasteiger partial charge in [0.25, 0.3) is 0 Å². The number of hydrogen-bond donors (Lipinski definition) is 6. The van der Waals surface area contributed by atoms with Gasteiger partial charge in [0.05, 0.1) is 0 Å². The summed E-state index contributed by atoms with van der Waals surface area (Å²) in [6.07, 6.45) is 0. The fourth-order valence-corrected chi connectivity index (χ4v) is 19.8. The molecular formula is C126H122N12. The Morgan fingerprint density at radius 2 is 0.297 bits per heavy atom. The molecule has 12 nitrogen and oxygen atoms in total. The molecule has 686 valence electrons. The molecule has 6 aliphatic heterocycles. The Bertz CT molecular complexity index is 7010. The first kappa shape index (κ1) is 96.1. The molecule has 6 unspecified atom stereocenters. The molecule has 12 heteroatoms. The van der Waals surface area contributed by atoms with Crippen LogP contribution in [0.1, 0.15) is 181 Å². The number of hydrogen-bond acceptors (Lipinski definition) is 12. The number of fused-ring (bicyclic) bond motifs is 6. The SMILES string of the molecule is C.C.C.CC1(c2cccc(-c3ccccc3)c2)N=C(N)c2ccccc21.CC1(c2cccc(-c3ccccc3)c2)N=C(N)c2ccccc21.CC1(c2ccccc2)N=C(N)c2ccccc21.Cc1cccc(-c2cccc(C3(C)N=C(N)c4ccccc43)c2)c1.Cc1cccc(-c2cccc(C3(C)N=C(N)c4ccccc43)c2)c1.Cc1cccc(-c2cccc(C3(C)N=C(N)c4ccccc43)c2)c1. The van der Waals surface area contributed by atoms with Crippen molar-refractivity contribution in [2.75, 3.05) is 0 Å². The Morgan fingerprint density at radius 1 is 0.152 bits per heavy atom. The molecular weight excluding hydrogens is 1680 g/mol. The molecule has 6 atom stereocenters. The summed E-state index contributed by atoms with van der Waals surface area (Å²) in [4.78, 5) is 28.6. The molecule has 0 spiro atoms. The highest BCUT2D eigenvalue weighted by Gasteiger charge is 2.43. The van der Waals surface area contributed by atoms with Crippen molar-refractivity contribution in [3.63, 3.8) is 0 Å². The van der Waals surface area contributed by atoms with Gasteiger partial charge in [0.15, 0.2) is 0 Å². The standard InChI is InChI=1S/3C22H20N2.2C21H18N2.C15H14N2.3CH4/c3*1-15-7-5-8-16(13-15)17-9-6-10-18(14-17)22(2)20-12-4-3-11-19(20)21(23)24-22;2*1-21(19-13-6-5-12-18(19)20(22)23-21)17-11-7-10-16(14-17)15-8-3-2-4-9-15;1-15(11-7-3-2-4-8-11)13-10-6-5-9-12(13)14(16)17-15;;;/h3*3-14H,1-2H3,(H2,23,24);2*2-14H,1H3,(H2,22,23);2-10H,1H3,(H2,16,17);3*1H4. The van der Waals surface area contributed by atoms with Gasteiger partial charge in [-0.05, 0) is 215 Å². The summed E-state index contributed by atoms with van der Waals surface area (Å²) in [6.45, 7) is 19.2. The van der Waals surface area contributed by atoms with E-state index in [4.69, 9.17) is 59.4 Å². The minimum absolute atomic E-state index is 0. The molecule has 6 heterocycles. The summed E-state index contributed by atoms with van der Waals surface area (Å²) in [5, 5.41) is 0. The van der Waals surface area contributed by atoms with E-state index in [0.717, 1.165) is 61.2 Å². The van der Waals surface area contributed by atoms with Crippen molar-refractivity contribution in [3.05, 3.63) is 548 Å². The first-order valence-electron chi connectivity index (χ1n) is 45.9. The number of rotatable bonds is 11. The molecule has 12 N–H and O–H groups in total. The monoisotopic (exact) mass is 1800 g/mol. The van der Waals surface area contributed by atoms with Crippen LogP contribution in [0.25, 0.3) is 55.6 Å². The van der Waals surface area contributed by atoms with E-state index in [9.17, 15) is 0 Å². The molecule has 0 aromatic heterocycles. The molecule has 17 aromatic carbocycles. The maximum absolute atomic E-state index is 6.18. The molecule has 0 fully saturated rings. The summed E-state index contributed by atoms with van der Waals surface area (Å²) in [6, 6.07) is 149. The van der Waals surface area contributed by atoms with Gasteiger partial charge in [0, 0.05) is 33.4 Å². The second-order valence-electron chi connectivity index (χ2n) is 36.3. The Morgan fingerprint density at radius 3 is 0.500 bits per heavy atom. The van der Waals surface area contributed by atoms with Gasteiger partial charge in [0.1, 0.15) is 68.2 Å². The zero-order valence-electron chi connectivity index (χ0n) is 77.6. The van der Waals surface area contributed by atoms with Crippen LogP contribution in [0, 0.1) is 20.8 Å². The third kappa shape index (κ3) is 18.7. The van der Waals surface area contributed by atoms with Crippen molar-refractivity contribution in [2.24, 2.45) is 64.4 Å². The minimum Gasteiger partial charge on any atom is -0.383 e. The van der Waals surface area contributed by atoms with Gasteiger partial charge in [-0.25, -0.2) is 0 Å². The van der Waals surface area contributed by atoms with Gasteiger partial charge in [-0.3, -0.25) is 30.0 Å². The minimum atomic E-state index is -0.430. The number of benzene rings is 17. The zero-order valence-corrected chi connectivity index (χ0v) is 77.6. The van der Waals surface area contributed by atoms with Crippen LogP contribution < -0.4 is 34.4 Å². The van der Waals surface area contributed by atoms with Gasteiger partial charge in [0.2, 0.25) is 0 Å². The smallest absolute Gasteiger partial charge is 0.127 e. The lowest BCUT2D eigenvalue weighted by molar-refractivity contribution is 0.621. The van der Waals surface area contributed by atoms with E-state index in [-0.39, 0.29) is 27.8 Å². The van der Waals surface area contributed by atoms with E-state index < -0.39 is 27.7 Å². The number of aryl methyl sites for hydroxylation is 3. The second kappa shape index (κ2) is 40.0. The van der Waals surface area contributed by atoms with Gasteiger partial charge in [-0.2, -0.15) is 0 Å². The topological polar surface area (TPSA) is 230 Å². The molecule has 17 aromatic rings. The Hall–Kier alpha value is -16.4. The fraction of sp³-hybridized carbons (Fsp3) is 0.143. The average molecular weight is 1800 g/mol. The van der Waals surface area contributed by atoms with Gasteiger partial charge < -0.3 is 34.4 Å². The van der Waals surface area contributed by atoms with E-state index in [2.05, 4.69) is 377 Å². The van der Waals surface area contributed by atoms with Crippen LogP contribution in [0.15, 0.2) is 461 Å². The number of aliphatic imine (C=N–C) groups is 6. The van der Waals surface area contributed by atoms with E-state index in [1.54, 1.807) is 0 Å². The second-order valence-corrected chi connectivity index (χ2v) is 36.3. The molecule has 0 saturated carbocycles. The third-order valence-electron chi connectivity index (χ3n) is 27.2. The van der Waals surface area contributed by atoms with E-state index >= 15 is 0 Å². The molecule has 0 amide bonds. The summed E-state index contributed by atoms with van der Waals surface area (Å²) in [7, 11) is 0. The van der Waals surface area contributed by atoms with Crippen LogP contribution >= 0.6 is 0 Å². The van der Waals surface area contributed by atoms with Crippen LogP contribution in [0.3, 0.4) is 0 Å². The van der Waals surface area contributed by atoms with Crippen molar-refractivity contribution >= 4 is 35.0 Å². The van der Waals surface area contributed by atoms with Gasteiger partial charge >= 0.3 is 0 Å². The lowest BCUT2D eigenvalue weighted by atomic mass is 9.83. The highest BCUT2D eigenvalue weighted by atomic mass is 15.0. The summed E-state index contributed by atoms with van der Waals surface area (Å²) >= 11 is 0. The van der Waals surface area contributed by atoms with Crippen molar-refractivity contribution < 1.29 is 0 Å². The Kier molecular flexibility index (Phi) is 27.9. The van der Waals surface area contributed by atoms with Crippen molar-refractivity contribution in [1.82, 2.24) is 0 Å². The molecule has 23 rings (SSSR count). The van der Waals surface area contributed by atoms with E-state index in [1.165, 1.54) is 111 Å². The largest absolute Gasteiger partial charge is 0.383 e. The van der Waals surface area contributed by atoms with Crippen molar-refractivity contribution in [2.45, 2.75) is 118 Å². The highest BCUT2D eigenvalue weighted by molar-refractivity contribution is 6.06. The summed E-state index contributed by atoms with van der Waals surface area (Å²) in [5.41, 5.74) is 70.5. The average Bonchev–Trinajstić information content (AvgIpc) is 1.66. The third-order valence-corrected chi connectivity index (χ3v) is 27.2. The zero-order chi connectivity index (χ0) is 93.8. The lowest BCUT2D eigenvalue weighted by Crippen LogP contribution is -2.18. The normalized spacial score (nSPS) is 19.1. The summed E-state index contributed by atoms with van der Waals surface area (Å²) < 4.78 is 0. The van der Waals surface area contributed by atoms with E-state index in [0.29, 0.717) is 35.0 Å². The number of nitrogens with zero attached hydrogens (tertiary/aromatic N) is 6. The number of amidine groups is 6. The molecule has 6 aliphatic rings. The molecule has 0 radical (unpaired) electrons. The van der Waals surface area contributed by atoms with Gasteiger partial charge in [-0.1, -0.05) is 439 Å². The lowest BCUT2D eigenvalue weighted by Gasteiger charge is -2.24. The fourth-order valence-electron chi connectivity index (χ4n) is 19.8. The van der Waals surface area contributed by atoms with Crippen molar-refractivity contribution in [1.29, 1.82) is 0 Å². The predicted octanol–water partition coefficient (Wildman–Crippen LogP) is 27.2. The molecule has 138 heavy (non-hydrogen) atoms. The van der Waals surface area contributed by atoms with Gasteiger partial charge in [-0.15, -0.1) is 0 Å². The first-order chi connectivity index (χ1) is 65.3. The quantitative estimate of drug-likeness (QED) is 0.0737. The highest BCUT2D eigenvalue weighted by Crippen LogP contribution is 2.48. The Labute approximate surface area is 815 Å². The molecule has 0 bridgehead atoms. The van der Waals surface area contributed by atoms with Crippen LogP contribution in [-0.2, 0) is 33.2 Å². The van der Waals surface area contributed by atoms with Crippen molar-refractivity contribution in [3.8, 4) is 55.6 Å². The first-order valence-corrected chi connectivity index (χ1v) is 45.9. The maximum atomic E-state index is 6.18. The van der Waals surface area contributed by atoms with Crippen LogP contribution in [0.5, 0.6) is 0 Å². The maximum Gasteiger partial charge on any atom is 0.127 e. The molecule has 0 saturated heterocycles. The summed E-state index contributed by atoms with van der Waals surface area (Å²) in [5.74, 6) is 3.73.